The van der Waals surface area contributed by atoms with Crippen molar-refractivity contribution in [2.75, 3.05) is 11.9 Å². The third-order valence-corrected chi connectivity index (χ3v) is 3.20. The second-order valence-corrected chi connectivity index (χ2v) is 4.74. The number of halogens is 1. The van der Waals surface area contributed by atoms with Gasteiger partial charge in [-0.2, -0.15) is 0 Å². The monoisotopic (exact) mass is 275 g/mol. The molecule has 2 aromatic rings. The van der Waals surface area contributed by atoms with Crippen molar-refractivity contribution < 1.29 is 14.6 Å². The Morgan fingerprint density at radius 1 is 1.15 bits per heavy atom. The van der Waals surface area contributed by atoms with Crippen LogP contribution in [-0.2, 0) is 6.42 Å². The number of anilines is 1. The van der Waals surface area contributed by atoms with Crippen LogP contribution >= 0.6 is 0 Å². The zero-order valence-corrected chi connectivity index (χ0v) is 11.3. The quantitative estimate of drug-likeness (QED) is 0.785. The van der Waals surface area contributed by atoms with Crippen molar-refractivity contribution in [2.24, 2.45) is 0 Å². The Hall–Kier alpha value is -2.07. The van der Waals surface area contributed by atoms with E-state index in [0.717, 1.165) is 17.3 Å². The van der Waals surface area contributed by atoms with E-state index in [1.165, 1.54) is 6.07 Å². The van der Waals surface area contributed by atoms with E-state index < -0.39 is 5.82 Å². The summed E-state index contributed by atoms with van der Waals surface area (Å²) in [4.78, 5) is 0. The van der Waals surface area contributed by atoms with E-state index in [1.54, 1.807) is 6.07 Å². The first kappa shape index (κ1) is 14.3. The molecule has 0 aliphatic rings. The largest absolute Gasteiger partial charge is 0.507 e. The highest BCUT2D eigenvalue weighted by molar-refractivity contribution is 5.48. The van der Waals surface area contributed by atoms with E-state index in [9.17, 15) is 9.50 Å². The van der Waals surface area contributed by atoms with Crippen LogP contribution in [0.5, 0.6) is 5.75 Å². The fourth-order valence-electron chi connectivity index (χ4n) is 2.11. The number of aliphatic hydroxyl groups is 1. The highest BCUT2D eigenvalue weighted by Gasteiger charge is 2.11. The molecule has 0 radical (unpaired) electrons. The van der Waals surface area contributed by atoms with Crippen molar-refractivity contribution in [3.05, 3.63) is 59.4 Å². The lowest BCUT2D eigenvalue weighted by atomic mass is 10.1. The maximum atomic E-state index is 13.0. The Morgan fingerprint density at radius 3 is 2.45 bits per heavy atom. The predicted octanol–water partition coefficient (Wildman–Crippen LogP) is 3.24. The van der Waals surface area contributed by atoms with Gasteiger partial charge in [0.25, 0.3) is 0 Å². The van der Waals surface area contributed by atoms with Crippen molar-refractivity contribution in [2.45, 2.75) is 19.4 Å². The van der Waals surface area contributed by atoms with Crippen LogP contribution in [-0.4, -0.2) is 16.8 Å². The Morgan fingerprint density at radius 2 is 1.85 bits per heavy atom. The number of aromatic hydroxyl groups is 1. The molecule has 3 N–H and O–H groups in total. The van der Waals surface area contributed by atoms with E-state index in [1.807, 2.05) is 31.2 Å². The molecule has 0 spiro atoms. The normalized spacial score (nSPS) is 12.2. The Bertz CT molecular complexity index is 569. The van der Waals surface area contributed by atoms with Crippen LogP contribution in [0.15, 0.2) is 42.5 Å². The molecule has 0 amide bonds. The van der Waals surface area contributed by atoms with Crippen LogP contribution < -0.4 is 5.32 Å². The lowest BCUT2D eigenvalue weighted by Gasteiger charge is -2.17. The summed E-state index contributed by atoms with van der Waals surface area (Å²) >= 11 is 0. The van der Waals surface area contributed by atoms with Crippen molar-refractivity contribution in [1.29, 1.82) is 0 Å². The minimum atomic E-state index is -0.452. The van der Waals surface area contributed by atoms with E-state index in [-0.39, 0.29) is 18.4 Å². The fraction of sp³-hybridized carbons (Fsp3) is 0.250. The highest BCUT2D eigenvalue weighted by atomic mass is 19.1. The van der Waals surface area contributed by atoms with Gasteiger partial charge in [-0.05, 0) is 37.1 Å². The van der Waals surface area contributed by atoms with E-state index in [2.05, 4.69) is 5.32 Å². The number of aliphatic hydroxyl groups excluding tert-OH is 1. The summed E-state index contributed by atoms with van der Waals surface area (Å²) in [7, 11) is 0. The molecule has 20 heavy (non-hydrogen) atoms. The van der Waals surface area contributed by atoms with Gasteiger partial charge >= 0.3 is 0 Å². The van der Waals surface area contributed by atoms with Gasteiger partial charge in [0.1, 0.15) is 11.6 Å². The summed E-state index contributed by atoms with van der Waals surface area (Å²) in [5.41, 5.74) is 2.61. The van der Waals surface area contributed by atoms with Gasteiger partial charge in [0, 0.05) is 23.9 Å². The molecule has 0 saturated heterocycles. The molecule has 2 aromatic carbocycles. The van der Waals surface area contributed by atoms with E-state index in [4.69, 9.17) is 5.11 Å². The topological polar surface area (TPSA) is 52.5 Å². The molecular formula is C16H18FNO2. The molecule has 0 heterocycles. The average molecular weight is 275 g/mol. The maximum Gasteiger partial charge on any atom is 0.126 e. The van der Waals surface area contributed by atoms with Crippen LogP contribution in [0.3, 0.4) is 0 Å². The molecule has 0 aliphatic carbocycles. The number of phenols is 1. The van der Waals surface area contributed by atoms with Crippen molar-refractivity contribution in [3.8, 4) is 5.75 Å². The molecule has 3 nitrogen and oxygen atoms in total. The van der Waals surface area contributed by atoms with Gasteiger partial charge in [0.15, 0.2) is 0 Å². The maximum absolute atomic E-state index is 13.0. The SMILES string of the molecule is CC(Nc1ccc(CCO)cc1)c1ccc(F)cc1O. The molecule has 0 aliphatic heterocycles. The smallest absolute Gasteiger partial charge is 0.126 e. The second-order valence-electron chi connectivity index (χ2n) is 4.74. The zero-order valence-electron chi connectivity index (χ0n) is 11.3. The molecular weight excluding hydrogens is 257 g/mol. The first-order valence-corrected chi connectivity index (χ1v) is 6.55. The number of hydrogen-bond acceptors (Lipinski definition) is 3. The van der Waals surface area contributed by atoms with E-state index in [0.29, 0.717) is 12.0 Å². The molecule has 0 fully saturated rings. The summed E-state index contributed by atoms with van der Waals surface area (Å²) in [6, 6.07) is 11.6. The summed E-state index contributed by atoms with van der Waals surface area (Å²) in [5, 5.41) is 21.9. The Kier molecular flexibility index (Phi) is 4.58. The van der Waals surface area contributed by atoms with Gasteiger partial charge in [-0.1, -0.05) is 18.2 Å². The summed E-state index contributed by atoms with van der Waals surface area (Å²) in [5.74, 6) is -0.506. The third-order valence-electron chi connectivity index (χ3n) is 3.20. The summed E-state index contributed by atoms with van der Waals surface area (Å²) < 4.78 is 13.0. The molecule has 0 bridgehead atoms. The molecule has 0 saturated carbocycles. The number of phenolic OH excluding ortho intramolecular Hbond substituents is 1. The summed E-state index contributed by atoms with van der Waals surface area (Å²) in [6.45, 7) is 2.03. The molecule has 0 aromatic heterocycles. The van der Waals surface area contributed by atoms with Crippen LogP contribution in [0.2, 0.25) is 0 Å². The van der Waals surface area contributed by atoms with Crippen LogP contribution in [0.25, 0.3) is 0 Å². The standard InChI is InChI=1S/C16H18FNO2/c1-11(15-7-4-13(17)10-16(15)20)18-14-5-2-12(3-6-14)8-9-19/h2-7,10-11,18-20H,8-9H2,1H3. The third kappa shape index (κ3) is 3.48. The van der Waals surface area contributed by atoms with Crippen LogP contribution in [0.1, 0.15) is 24.1 Å². The van der Waals surface area contributed by atoms with Gasteiger partial charge in [0.2, 0.25) is 0 Å². The summed E-state index contributed by atoms with van der Waals surface area (Å²) in [6.07, 6.45) is 0.634. The number of hydrogen-bond donors (Lipinski definition) is 3. The molecule has 106 valence electrons. The number of nitrogens with one attached hydrogen (secondary N) is 1. The van der Waals surface area contributed by atoms with Gasteiger partial charge < -0.3 is 15.5 Å². The van der Waals surface area contributed by atoms with Gasteiger partial charge in [0.05, 0.1) is 6.04 Å². The van der Waals surface area contributed by atoms with Gasteiger partial charge in [-0.25, -0.2) is 4.39 Å². The molecule has 1 unspecified atom stereocenters. The minimum absolute atomic E-state index is 0.0538. The van der Waals surface area contributed by atoms with Crippen LogP contribution in [0.4, 0.5) is 10.1 Å². The molecule has 1 atom stereocenters. The second kappa shape index (κ2) is 6.39. The van der Waals surface area contributed by atoms with Crippen LogP contribution in [0, 0.1) is 5.82 Å². The molecule has 2 rings (SSSR count). The van der Waals surface area contributed by atoms with Crippen molar-refractivity contribution >= 4 is 5.69 Å². The Balaban J connectivity index is 2.08. The number of benzene rings is 2. The highest BCUT2D eigenvalue weighted by Crippen LogP contribution is 2.27. The Labute approximate surface area is 117 Å². The first-order valence-electron chi connectivity index (χ1n) is 6.55. The zero-order chi connectivity index (χ0) is 14.5. The lowest BCUT2D eigenvalue weighted by Crippen LogP contribution is -2.07. The fourth-order valence-corrected chi connectivity index (χ4v) is 2.11. The lowest BCUT2D eigenvalue weighted by molar-refractivity contribution is 0.299. The number of rotatable bonds is 5. The van der Waals surface area contributed by atoms with E-state index >= 15 is 0 Å². The first-order chi connectivity index (χ1) is 9.60. The minimum Gasteiger partial charge on any atom is -0.507 e. The molecule has 4 heteroatoms. The predicted molar refractivity (Wildman–Crippen MR) is 77.3 cm³/mol. The van der Waals surface area contributed by atoms with Crippen molar-refractivity contribution in [3.63, 3.8) is 0 Å². The average Bonchev–Trinajstić information content (AvgIpc) is 2.41. The van der Waals surface area contributed by atoms with Gasteiger partial charge in [-0.3, -0.25) is 0 Å². The van der Waals surface area contributed by atoms with Crippen molar-refractivity contribution in [1.82, 2.24) is 0 Å². The van der Waals surface area contributed by atoms with Gasteiger partial charge in [-0.15, -0.1) is 0 Å².